The summed E-state index contributed by atoms with van der Waals surface area (Å²) in [7, 11) is 0. The molecule has 0 bridgehead atoms. The lowest BCUT2D eigenvalue weighted by molar-refractivity contribution is 0.798. The van der Waals surface area contributed by atoms with Crippen LogP contribution in [0.4, 0.5) is 0 Å². The Hall–Kier alpha value is -0.580. The van der Waals surface area contributed by atoms with E-state index in [4.69, 9.17) is 23.2 Å². The van der Waals surface area contributed by atoms with Crippen molar-refractivity contribution in [2.24, 2.45) is 0 Å². The molecule has 0 radical (unpaired) electrons. The van der Waals surface area contributed by atoms with Gasteiger partial charge in [-0.3, -0.25) is 0 Å². The molecule has 0 aliphatic heterocycles. The number of hydrogen-bond acceptors (Lipinski definition) is 2. The molecule has 1 aromatic carbocycles. The van der Waals surface area contributed by atoms with Crippen molar-refractivity contribution in [2.45, 2.75) is 6.42 Å². The monoisotopic (exact) mass is 319 g/mol. The molecule has 0 fully saturated rings. The van der Waals surface area contributed by atoms with Crippen molar-refractivity contribution in [1.82, 2.24) is 15.0 Å². The van der Waals surface area contributed by atoms with Gasteiger partial charge in [-0.25, -0.2) is 4.68 Å². The van der Waals surface area contributed by atoms with Gasteiger partial charge in [0.2, 0.25) is 0 Å². The van der Waals surface area contributed by atoms with Gasteiger partial charge < -0.3 is 0 Å². The molecule has 3 nitrogen and oxygen atoms in total. The zero-order valence-electron chi connectivity index (χ0n) is 8.20. The van der Waals surface area contributed by atoms with Crippen LogP contribution in [0.15, 0.2) is 28.9 Å². The lowest BCUT2D eigenvalue weighted by Gasteiger charge is -2.02. The van der Waals surface area contributed by atoms with Gasteiger partial charge in [0, 0.05) is 16.8 Å². The van der Waals surface area contributed by atoms with Gasteiger partial charge in [-0.15, -0.1) is 16.7 Å². The van der Waals surface area contributed by atoms with Gasteiger partial charge in [-0.05, 0) is 18.2 Å². The van der Waals surface area contributed by atoms with Crippen molar-refractivity contribution in [3.05, 3.63) is 39.6 Å². The van der Waals surface area contributed by atoms with Crippen LogP contribution in [0.3, 0.4) is 0 Å². The van der Waals surface area contributed by atoms with E-state index < -0.39 is 0 Å². The summed E-state index contributed by atoms with van der Waals surface area (Å²) in [6.45, 7) is 0. The maximum absolute atomic E-state index is 6.11. The minimum Gasteiger partial charge on any atom is -0.219 e. The molecule has 0 atom stereocenters. The first-order valence-electron chi connectivity index (χ1n) is 4.63. The van der Waals surface area contributed by atoms with Crippen LogP contribution in [0.25, 0.3) is 5.69 Å². The highest BCUT2D eigenvalue weighted by atomic mass is 79.9. The Bertz CT molecular complexity index is 499. The number of aryl methyl sites for hydroxylation is 1. The van der Waals surface area contributed by atoms with Crippen LogP contribution < -0.4 is 0 Å². The molecule has 0 saturated heterocycles. The Kier molecular flexibility index (Phi) is 3.84. The van der Waals surface area contributed by atoms with Gasteiger partial charge in [-0.2, -0.15) is 0 Å². The highest BCUT2D eigenvalue weighted by Gasteiger charge is 2.06. The van der Waals surface area contributed by atoms with Crippen molar-refractivity contribution in [3.8, 4) is 5.69 Å². The van der Waals surface area contributed by atoms with Crippen molar-refractivity contribution in [3.63, 3.8) is 0 Å². The Labute approximate surface area is 111 Å². The Morgan fingerprint density at radius 1 is 1.38 bits per heavy atom. The summed E-state index contributed by atoms with van der Waals surface area (Å²) in [6, 6.07) is 5.61. The number of hydrogen-bond donors (Lipinski definition) is 0. The van der Waals surface area contributed by atoms with Gasteiger partial charge in [-0.1, -0.05) is 32.7 Å². The van der Waals surface area contributed by atoms with Gasteiger partial charge in [0.05, 0.1) is 22.6 Å². The molecule has 0 spiro atoms. The fourth-order valence-electron chi connectivity index (χ4n) is 1.29. The molecule has 0 saturated carbocycles. The third-order valence-electron chi connectivity index (χ3n) is 2.05. The van der Waals surface area contributed by atoms with E-state index in [2.05, 4.69) is 26.2 Å². The van der Waals surface area contributed by atoms with Gasteiger partial charge in [0.1, 0.15) is 0 Å². The van der Waals surface area contributed by atoms with Crippen molar-refractivity contribution < 1.29 is 0 Å². The Morgan fingerprint density at radius 3 is 2.88 bits per heavy atom. The lowest BCUT2D eigenvalue weighted by Crippen LogP contribution is -1.95. The molecule has 6 heteroatoms. The molecule has 1 aromatic heterocycles. The minimum atomic E-state index is 0.534. The van der Waals surface area contributed by atoms with E-state index in [1.165, 1.54) is 0 Å². The molecule has 0 aliphatic rings. The summed E-state index contributed by atoms with van der Waals surface area (Å²) < 4.78 is 2.58. The number of benzene rings is 1. The Balaban J connectivity index is 2.35. The van der Waals surface area contributed by atoms with E-state index >= 15 is 0 Å². The normalized spacial score (nSPS) is 10.7. The molecule has 16 heavy (non-hydrogen) atoms. The number of rotatable bonds is 3. The van der Waals surface area contributed by atoms with E-state index in [1.807, 2.05) is 24.4 Å². The highest BCUT2D eigenvalue weighted by Crippen LogP contribution is 2.24. The number of aromatic nitrogens is 3. The van der Waals surface area contributed by atoms with E-state index in [1.54, 1.807) is 4.68 Å². The second-order valence-electron chi connectivity index (χ2n) is 3.19. The molecule has 2 aromatic rings. The topological polar surface area (TPSA) is 30.7 Å². The molecular formula is C10H8BrCl2N3. The summed E-state index contributed by atoms with van der Waals surface area (Å²) in [5, 5.41) is 8.63. The molecule has 84 valence electrons. The fourth-order valence-corrected chi connectivity index (χ4v) is 2.25. The molecular weight excluding hydrogens is 313 g/mol. The van der Waals surface area contributed by atoms with Crippen molar-refractivity contribution in [2.75, 3.05) is 5.88 Å². The molecule has 1 heterocycles. The van der Waals surface area contributed by atoms with Gasteiger partial charge in [0.15, 0.2) is 0 Å². The van der Waals surface area contributed by atoms with Crippen LogP contribution in [0.2, 0.25) is 5.02 Å². The predicted molar refractivity (Wildman–Crippen MR) is 68.5 cm³/mol. The second kappa shape index (κ2) is 5.17. The molecule has 0 N–H and O–H groups in total. The summed E-state index contributed by atoms with van der Waals surface area (Å²) >= 11 is 15.1. The largest absolute Gasteiger partial charge is 0.219 e. The van der Waals surface area contributed by atoms with Crippen molar-refractivity contribution in [1.29, 1.82) is 0 Å². The second-order valence-corrected chi connectivity index (χ2v) is 4.89. The number of halogens is 3. The standard InChI is InChI=1S/C10H8BrCl2N3/c11-7-1-2-10(9(13)5-7)16-6-8(3-4-12)14-15-16/h1-2,5-6H,3-4H2. The first kappa shape index (κ1) is 11.9. The molecule has 0 aliphatic carbocycles. The van der Waals surface area contributed by atoms with Crippen LogP contribution in [0, 0.1) is 0 Å². The molecule has 2 rings (SSSR count). The number of alkyl halides is 1. The maximum Gasteiger partial charge on any atom is 0.0850 e. The first-order chi connectivity index (χ1) is 7.70. The third kappa shape index (κ3) is 2.56. The first-order valence-corrected chi connectivity index (χ1v) is 6.34. The van der Waals surface area contributed by atoms with Crippen LogP contribution in [0.5, 0.6) is 0 Å². The van der Waals surface area contributed by atoms with E-state index in [-0.39, 0.29) is 0 Å². The lowest BCUT2D eigenvalue weighted by atomic mass is 10.3. The van der Waals surface area contributed by atoms with Crippen molar-refractivity contribution >= 4 is 39.1 Å². The predicted octanol–water partition coefficient (Wildman–Crippen LogP) is 3.46. The minimum absolute atomic E-state index is 0.534. The highest BCUT2D eigenvalue weighted by molar-refractivity contribution is 9.10. The smallest absolute Gasteiger partial charge is 0.0850 e. The molecule has 0 amide bonds. The van der Waals surface area contributed by atoms with Gasteiger partial charge in [0.25, 0.3) is 0 Å². The zero-order valence-corrected chi connectivity index (χ0v) is 11.3. The van der Waals surface area contributed by atoms with Crippen LogP contribution >= 0.6 is 39.1 Å². The average Bonchev–Trinajstić information content (AvgIpc) is 2.67. The number of nitrogens with zero attached hydrogens (tertiary/aromatic N) is 3. The quantitative estimate of drug-likeness (QED) is 0.811. The van der Waals surface area contributed by atoms with E-state index in [0.717, 1.165) is 15.9 Å². The summed E-state index contributed by atoms with van der Waals surface area (Å²) in [5.41, 5.74) is 1.66. The third-order valence-corrected chi connectivity index (χ3v) is 3.03. The maximum atomic E-state index is 6.11. The Morgan fingerprint density at radius 2 is 2.19 bits per heavy atom. The average molecular weight is 321 g/mol. The summed E-state index contributed by atoms with van der Waals surface area (Å²) in [5.74, 6) is 0.534. The zero-order chi connectivity index (χ0) is 11.5. The van der Waals surface area contributed by atoms with E-state index in [9.17, 15) is 0 Å². The molecule has 0 unspecified atom stereocenters. The summed E-state index contributed by atoms with van der Waals surface area (Å²) in [4.78, 5) is 0. The summed E-state index contributed by atoms with van der Waals surface area (Å²) in [6.07, 6.45) is 2.53. The van der Waals surface area contributed by atoms with Crippen LogP contribution in [-0.4, -0.2) is 20.9 Å². The fraction of sp³-hybridized carbons (Fsp3) is 0.200. The van der Waals surface area contributed by atoms with Gasteiger partial charge >= 0.3 is 0 Å². The van der Waals surface area contributed by atoms with Crippen LogP contribution in [-0.2, 0) is 6.42 Å². The SMILES string of the molecule is ClCCc1cn(-c2ccc(Br)cc2Cl)nn1. The van der Waals surface area contributed by atoms with E-state index in [0.29, 0.717) is 17.3 Å². The van der Waals surface area contributed by atoms with Crippen LogP contribution in [0.1, 0.15) is 5.69 Å².